The summed E-state index contributed by atoms with van der Waals surface area (Å²) in [7, 11) is 0. The number of carbonyl (C=O) groups is 1. The van der Waals surface area contributed by atoms with Gasteiger partial charge in [0.25, 0.3) is 5.91 Å². The molecule has 0 aliphatic heterocycles. The maximum absolute atomic E-state index is 12.1. The second-order valence-corrected chi connectivity index (χ2v) is 4.47. The number of halogens is 3. The van der Waals surface area contributed by atoms with Crippen LogP contribution in [0.25, 0.3) is 10.4 Å². The minimum atomic E-state index is -4.77. The predicted molar refractivity (Wildman–Crippen MR) is 78.2 cm³/mol. The highest BCUT2D eigenvalue weighted by Gasteiger charge is 2.30. The summed E-state index contributed by atoms with van der Waals surface area (Å²) in [4.78, 5) is 18.5. The third-order valence-electron chi connectivity index (χ3n) is 2.72. The Morgan fingerprint density at radius 3 is 2.50 bits per heavy atom. The average molecular weight is 337 g/mol. The number of amides is 1. The quantitative estimate of drug-likeness (QED) is 0.506. The van der Waals surface area contributed by atoms with Crippen LogP contribution in [0.4, 0.5) is 18.9 Å². The minimum Gasteiger partial charge on any atom is -0.406 e. The fourth-order valence-corrected chi connectivity index (χ4v) is 1.70. The van der Waals surface area contributed by atoms with E-state index in [1.54, 1.807) is 6.07 Å². The van der Waals surface area contributed by atoms with Gasteiger partial charge in [0.15, 0.2) is 0 Å². The number of rotatable bonds is 5. The van der Waals surface area contributed by atoms with Crippen molar-refractivity contribution in [3.63, 3.8) is 0 Å². The molecule has 1 aromatic heterocycles. The SMILES string of the molecule is [N-]=[N+]=NCc1ccc(C(=O)Nc2ccc(OC(F)(F)F)cc2)nc1. The molecule has 0 spiro atoms. The summed E-state index contributed by atoms with van der Waals surface area (Å²) >= 11 is 0. The first-order chi connectivity index (χ1) is 11.4. The van der Waals surface area contributed by atoms with Crippen LogP contribution in [0, 0.1) is 0 Å². The monoisotopic (exact) mass is 337 g/mol. The molecule has 0 atom stereocenters. The number of ether oxygens (including phenoxy) is 1. The van der Waals surface area contributed by atoms with Crippen molar-refractivity contribution in [2.45, 2.75) is 12.9 Å². The van der Waals surface area contributed by atoms with E-state index in [1.165, 1.54) is 24.4 Å². The number of alkyl halides is 3. The number of anilines is 1. The van der Waals surface area contributed by atoms with Crippen LogP contribution in [0.3, 0.4) is 0 Å². The number of hydrogen-bond donors (Lipinski definition) is 1. The predicted octanol–water partition coefficient (Wildman–Crippen LogP) is 4.04. The van der Waals surface area contributed by atoms with Crippen LogP contribution < -0.4 is 10.1 Å². The highest BCUT2D eigenvalue weighted by Crippen LogP contribution is 2.24. The Kier molecular flexibility index (Phi) is 5.23. The van der Waals surface area contributed by atoms with E-state index in [0.29, 0.717) is 5.56 Å². The van der Waals surface area contributed by atoms with Crippen LogP contribution >= 0.6 is 0 Å². The van der Waals surface area contributed by atoms with Crippen molar-refractivity contribution in [1.29, 1.82) is 0 Å². The third-order valence-corrected chi connectivity index (χ3v) is 2.72. The Hall–Kier alpha value is -3.26. The summed E-state index contributed by atoms with van der Waals surface area (Å²) in [5, 5.41) is 5.86. The van der Waals surface area contributed by atoms with Crippen molar-refractivity contribution < 1.29 is 22.7 Å². The van der Waals surface area contributed by atoms with Crippen molar-refractivity contribution >= 4 is 11.6 Å². The van der Waals surface area contributed by atoms with E-state index in [-0.39, 0.29) is 23.7 Å². The first-order valence-corrected chi connectivity index (χ1v) is 6.50. The molecule has 0 bridgehead atoms. The van der Waals surface area contributed by atoms with Crippen LogP contribution in [0.15, 0.2) is 47.7 Å². The lowest BCUT2D eigenvalue weighted by Gasteiger charge is -2.10. The zero-order chi connectivity index (χ0) is 17.6. The summed E-state index contributed by atoms with van der Waals surface area (Å²) in [6, 6.07) is 7.73. The molecule has 7 nitrogen and oxygen atoms in total. The van der Waals surface area contributed by atoms with Crippen molar-refractivity contribution in [2.75, 3.05) is 5.32 Å². The molecule has 10 heteroatoms. The topological polar surface area (TPSA) is 100.0 Å². The Morgan fingerprint density at radius 2 is 1.96 bits per heavy atom. The smallest absolute Gasteiger partial charge is 0.406 e. The normalized spacial score (nSPS) is 10.6. The molecular weight excluding hydrogens is 327 g/mol. The van der Waals surface area contributed by atoms with Crippen molar-refractivity contribution in [2.24, 2.45) is 5.11 Å². The van der Waals surface area contributed by atoms with E-state index in [2.05, 4.69) is 25.1 Å². The summed E-state index contributed by atoms with van der Waals surface area (Å²) in [6.45, 7) is 0.117. The standard InChI is InChI=1S/C14H10F3N5O2/c15-14(16,17)24-11-4-2-10(3-5-11)21-13(23)12-6-1-9(7-19-12)8-20-22-18/h1-7H,8H2,(H,21,23). The first kappa shape index (κ1) is 17.1. The van der Waals surface area contributed by atoms with Crippen molar-refractivity contribution in [3.8, 4) is 5.75 Å². The molecule has 1 N–H and O–H groups in total. The fraction of sp³-hybridized carbons (Fsp3) is 0.143. The van der Waals surface area contributed by atoms with Gasteiger partial charge in [-0.2, -0.15) is 0 Å². The Morgan fingerprint density at radius 1 is 1.25 bits per heavy atom. The number of carbonyl (C=O) groups excluding carboxylic acids is 1. The van der Waals surface area contributed by atoms with Gasteiger partial charge in [0.1, 0.15) is 11.4 Å². The molecule has 24 heavy (non-hydrogen) atoms. The molecule has 0 fully saturated rings. The van der Waals surface area contributed by atoms with Gasteiger partial charge in [-0.1, -0.05) is 11.2 Å². The van der Waals surface area contributed by atoms with Gasteiger partial charge in [-0.25, -0.2) is 0 Å². The fourth-order valence-electron chi connectivity index (χ4n) is 1.70. The lowest BCUT2D eigenvalue weighted by atomic mass is 10.2. The van der Waals surface area contributed by atoms with Crippen LogP contribution in [0.2, 0.25) is 0 Å². The number of nitrogens with zero attached hydrogens (tertiary/aromatic N) is 4. The summed E-state index contributed by atoms with van der Waals surface area (Å²) in [5.41, 5.74) is 9.25. The van der Waals surface area contributed by atoms with Crippen LogP contribution in [0.1, 0.15) is 16.1 Å². The molecule has 1 amide bonds. The molecular formula is C14H10F3N5O2. The lowest BCUT2D eigenvalue weighted by molar-refractivity contribution is -0.274. The van der Waals surface area contributed by atoms with E-state index in [1.807, 2.05) is 0 Å². The molecule has 0 saturated carbocycles. The third kappa shape index (κ3) is 5.18. The molecule has 1 heterocycles. The van der Waals surface area contributed by atoms with Crippen molar-refractivity contribution in [1.82, 2.24) is 4.98 Å². The molecule has 1 aromatic carbocycles. The number of hydrogen-bond acceptors (Lipinski definition) is 4. The largest absolute Gasteiger partial charge is 0.573 e. The van der Waals surface area contributed by atoms with Gasteiger partial charge in [0, 0.05) is 16.8 Å². The van der Waals surface area contributed by atoms with Gasteiger partial charge >= 0.3 is 6.36 Å². The summed E-state index contributed by atoms with van der Waals surface area (Å²) in [5.74, 6) is -0.921. The second-order valence-electron chi connectivity index (χ2n) is 4.47. The van der Waals surface area contributed by atoms with Gasteiger partial charge in [0.05, 0.1) is 6.54 Å². The second kappa shape index (κ2) is 7.34. The number of benzene rings is 1. The molecule has 0 saturated heterocycles. The maximum Gasteiger partial charge on any atom is 0.573 e. The van der Waals surface area contributed by atoms with Gasteiger partial charge < -0.3 is 10.1 Å². The highest BCUT2D eigenvalue weighted by molar-refractivity contribution is 6.02. The van der Waals surface area contributed by atoms with Crippen LogP contribution in [0.5, 0.6) is 5.75 Å². The summed E-state index contributed by atoms with van der Waals surface area (Å²) < 4.78 is 39.9. The number of aromatic nitrogens is 1. The Labute approximate surface area is 133 Å². The van der Waals surface area contributed by atoms with Gasteiger partial charge in [-0.3, -0.25) is 9.78 Å². The van der Waals surface area contributed by atoms with E-state index in [4.69, 9.17) is 5.53 Å². The van der Waals surface area contributed by atoms with Crippen LogP contribution in [-0.2, 0) is 6.54 Å². The first-order valence-electron chi connectivity index (χ1n) is 6.50. The van der Waals surface area contributed by atoms with E-state index >= 15 is 0 Å². The van der Waals surface area contributed by atoms with Gasteiger partial charge in [0.2, 0.25) is 0 Å². The molecule has 2 aromatic rings. The Balaban J connectivity index is 2.00. The van der Waals surface area contributed by atoms with E-state index in [9.17, 15) is 18.0 Å². The molecule has 2 rings (SSSR count). The molecule has 124 valence electrons. The summed E-state index contributed by atoms with van der Waals surface area (Å²) in [6.07, 6.45) is -3.38. The minimum absolute atomic E-state index is 0.107. The number of azide groups is 1. The molecule has 0 aliphatic carbocycles. The van der Waals surface area contributed by atoms with Crippen LogP contribution in [-0.4, -0.2) is 17.3 Å². The maximum atomic E-state index is 12.1. The molecule has 0 unspecified atom stereocenters. The average Bonchev–Trinajstić information content (AvgIpc) is 2.54. The molecule has 0 radical (unpaired) electrons. The van der Waals surface area contributed by atoms with E-state index in [0.717, 1.165) is 12.1 Å². The highest BCUT2D eigenvalue weighted by atomic mass is 19.4. The lowest BCUT2D eigenvalue weighted by Crippen LogP contribution is -2.17. The number of nitrogens with one attached hydrogen (secondary N) is 1. The number of pyridine rings is 1. The van der Waals surface area contributed by atoms with Gasteiger partial charge in [-0.05, 0) is 41.4 Å². The van der Waals surface area contributed by atoms with Gasteiger partial charge in [-0.15, -0.1) is 13.2 Å². The Bertz CT molecular complexity index is 753. The zero-order valence-electron chi connectivity index (χ0n) is 12.0. The van der Waals surface area contributed by atoms with Crippen molar-refractivity contribution in [3.05, 3.63) is 64.3 Å². The molecule has 0 aliphatic rings. The zero-order valence-corrected chi connectivity index (χ0v) is 12.0. The van der Waals surface area contributed by atoms with E-state index < -0.39 is 12.3 Å².